The van der Waals surface area contributed by atoms with Crippen molar-refractivity contribution in [3.05, 3.63) is 63.5 Å². The second-order valence-electron chi connectivity index (χ2n) is 7.86. The van der Waals surface area contributed by atoms with E-state index in [1.807, 2.05) is 69.6 Å². The molecule has 1 amide bonds. The largest absolute Gasteiger partial charge is 0.462 e. The van der Waals surface area contributed by atoms with Crippen molar-refractivity contribution in [3.8, 4) is 0 Å². The van der Waals surface area contributed by atoms with Gasteiger partial charge in [-0.05, 0) is 54.2 Å². The molecule has 1 aromatic carbocycles. The Morgan fingerprint density at radius 1 is 1.26 bits per heavy atom. The highest BCUT2D eigenvalue weighted by atomic mass is 32.1. The van der Waals surface area contributed by atoms with Gasteiger partial charge in [-0.15, -0.1) is 11.3 Å². The number of thiophene rings is 1. The van der Waals surface area contributed by atoms with Crippen LogP contribution in [0.3, 0.4) is 0 Å². The van der Waals surface area contributed by atoms with E-state index < -0.39 is 6.04 Å². The molecular formula is C23H27N3O3S2. The molecule has 0 aliphatic carbocycles. The predicted octanol–water partition coefficient (Wildman–Crippen LogP) is 4.26. The number of carbonyl (C=O) groups excluding carboxylic acids is 2. The van der Waals surface area contributed by atoms with Gasteiger partial charge in [0.1, 0.15) is 0 Å². The number of esters is 1. The number of thiocarbonyl (C=S) groups is 1. The summed E-state index contributed by atoms with van der Waals surface area (Å²) in [5.74, 6) is -0.176. The van der Waals surface area contributed by atoms with Crippen LogP contribution in [0.15, 0.2) is 53.0 Å². The Hall–Kier alpha value is -2.71. The molecule has 2 N–H and O–H groups in total. The average Bonchev–Trinajstić information content (AvgIpc) is 3.23. The van der Waals surface area contributed by atoms with Gasteiger partial charge in [0.2, 0.25) is 5.91 Å². The molecule has 1 aromatic heterocycles. The highest BCUT2D eigenvalue weighted by molar-refractivity contribution is 7.80. The van der Waals surface area contributed by atoms with E-state index in [1.54, 1.807) is 16.2 Å². The highest BCUT2D eigenvalue weighted by Crippen LogP contribution is 2.31. The van der Waals surface area contributed by atoms with E-state index in [1.165, 1.54) is 0 Å². The molecule has 31 heavy (non-hydrogen) atoms. The minimum absolute atomic E-state index is 0.0671. The second kappa shape index (κ2) is 10.1. The molecule has 2 heterocycles. The van der Waals surface area contributed by atoms with Crippen LogP contribution in [-0.2, 0) is 20.7 Å². The number of hydrogen-bond acceptors (Lipinski definition) is 5. The molecule has 0 saturated heterocycles. The number of ether oxygens (including phenoxy) is 1. The Balaban J connectivity index is 1.78. The van der Waals surface area contributed by atoms with Crippen LogP contribution in [0.2, 0.25) is 0 Å². The molecule has 1 atom stereocenters. The number of carbonyl (C=O) groups is 2. The van der Waals surface area contributed by atoms with E-state index in [0.29, 0.717) is 29.4 Å². The van der Waals surface area contributed by atoms with E-state index in [9.17, 15) is 9.59 Å². The third-order valence-electron chi connectivity index (χ3n) is 4.96. The van der Waals surface area contributed by atoms with Gasteiger partial charge in [-0.25, -0.2) is 4.79 Å². The van der Waals surface area contributed by atoms with Crippen molar-refractivity contribution in [3.63, 3.8) is 0 Å². The standard InChI is InChI=1S/C23H27N3O3S2/c1-14(2)13-29-22(28)20-15(3)26(4)23(30)25-21(20)16-7-9-17(10-8-16)24-19(27)12-18-6-5-11-31-18/h5-11,14,21H,12-13H2,1-4H3,(H,24,27)(H,25,30). The van der Waals surface area contributed by atoms with Crippen LogP contribution in [-0.4, -0.2) is 35.5 Å². The van der Waals surface area contributed by atoms with Crippen LogP contribution < -0.4 is 10.6 Å². The number of amides is 1. The van der Waals surface area contributed by atoms with Crippen molar-refractivity contribution in [1.29, 1.82) is 0 Å². The molecule has 1 unspecified atom stereocenters. The summed E-state index contributed by atoms with van der Waals surface area (Å²) >= 11 is 7.00. The number of nitrogens with one attached hydrogen (secondary N) is 2. The average molecular weight is 458 g/mol. The van der Waals surface area contributed by atoms with E-state index in [0.717, 1.165) is 16.1 Å². The Bertz CT molecular complexity index is 982. The first-order valence-corrected chi connectivity index (χ1v) is 11.4. The van der Waals surface area contributed by atoms with Gasteiger partial charge in [0.05, 0.1) is 24.6 Å². The van der Waals surface area contributed by atoms with Crippen molar-refractivity contribution < 1.29 is 14.3 Å². The zero-order chi connectivity index (χ0) is 22.5. The topological polar surface area (TPSA) is 70.7 Å². The molecule has 6 nitrogen and oxygen atoms in total. The number of hydrogen-bond donors (Lipinski definition) is 2. The first kappa shape index (κ1) is 23.0. The lowest BCUT2D eigenvalue weighted by Crippen LogP contribution is -2.46. The SMILES string of the molecule is CC1=C(C(=O)OCC(C)C)C(c2ccc(NC(=O)Cc3cccs3)cc2)NC(=S)N1C. The van der Waals surface area contributed by atoms with Gasteiger partial charge in [-0.1, -0.05) is 32.0 Å². The van der Waals surface area contributed by atoms with Gasteiger partial charge in [-0.3, -0.25) is 4.79 Å². The molecule has 0 radical (unpaired) electrons. The minimum Gasteiger partial charge on any atom is -0.462 e. The summed E-state index contributed by atoms with van der Waals surface area (Å²) in [4.78, 5) is 27.9. The summed E-state index contributed by atoms with van der Waals surface area (Å²) in [7, 11) is 1.82. The van der Waals surface area contributed by atoms with E-state index in [-0.39, 0.29) is 17.8 Å². The fourth-order valence-electron chi connectivity index (χ4n) is 3.21. The number of nitrogens with zero attached hydrogens (tertiary/aromatic N) is 1. The van der Waals surface area contributed by atoms with Crippen molar-refractivity contribution >= 4 is 46.2 Å². The van der Waals surface area contributed by atoms with Crippen LogP contribution >= 0.6 is 23.6 Å². The summed E-state index contributed by atoms with van der Waals surface area (Å²) in [5, 5.41) is 8.64. The van der Waals surface area contributed by atoms with Crippen LogP contribution in [0.4, 0.5) is 5.69 Å². The molecular weight excluding hydrogens is 430 g/mol. The maximum Gasteiger partial charge on any atom is 0.338 e. The van der Waals surface area contributed by atoms with Crippen molar-refractivity contribution in [2.75, 3.05) is 19.0 Å². The predicted molar refractivity (Wildman–Crippen MR) is 128 cm³/mol. The van der Waals surface area contributed by atoms with E-state index in [2.05, 4.69) is 10.6 Å². The molecule has 1 aliphatic heterocycles. The van der Waals surface area contributed by atoms with Gasteiger partial charge >= 0.3 is 5.97 Å². The van der Waals surface area contributed by atoms with Crippen molar-refractivity contribution in [1.82, 2.24) is 10.2 Å². The van der Waals surface area contributed by atoms with Gasteiger partial charge in [0.15, 0.2) is 5.11 Å². The maximum atomic E-state index is 12.9. The highest BCUT2D eigenvalue weighted by Gasteiger charge is 2.33. The summed E-state index contributed by atoms with van der Waals surface area (Å²) in [6.07, 6.45) is 0.345. The summed E-state index contributed by atoms with van der Waals surface area (Å²) in [6.45, 7) is 6.21. The zero-order valence-corrected chi connectivity index (χ0v) is 19.7. The summed E-state index contributed by atoms with van der Waals surface area (Å²) < 4.78 is 5.51. The Labute approximate surface area is 192 Å². The summed E-state index contributed by atoms with van der Waals surface area (Å²) in [6, 6.07) is 10.9. The van der Waals surface area contributed by atoms with Gasteiger partial charge in [0, 0.05) is 23.3 Å². The van der Waals surface area contributed by atoms with Crippen LogP contribution in [0.25, 0.3) is 0 Å². The maximum absolute atomic E-state index is 12.9. The third-order valence-corrected chi connectivity index (χ3v) is 6.23. The molecule has 0 spiro atoms. The lowest BCUT2D eigenvalue weighted by molar-refractivity contribution is -0.140. The van der Waals surface area contributed by atoms with Gasteiger partial charge < -0.3 is 20.3 Å². The molecule has 2 aromatic rings. The monoisotopic (exact) mass is 457 g/mol. The number of anilines is 1. The van der Waals surface area contributed by atoms with E-state index >= 15 is 0 Å². The number of rotatable bonds is 7. The molecule has 0 fully saturated rings. The first-order valence-electron chi connectivity index (χ1n) is 10.1. The van der Waals surface area contributed by atoms with Crippen LogP contribution in [0.1, 0.15) is 37.3 Å². The molecule has 3 rings (SSSR count). The Kier molecular flexibility index (Phi) is 7.46. The molecule has 0 saturated carbocycles. The Morgan fingerprint density at radius 2 is 1.97 bits per heavy atom. The van der Waals surface area contributed by atoms with Crippen LogP contribution in [0.5, 0.6) is 0 Å². The van der Waals surface area contributed by atoms with Gasteiger partial charge in [-0.2, -0.15) is 0 Å². The lowest BCUT2D eigenvalue weighted by Gasteiger charge is -2.35. The lowest BCUT2D eigenvalue weighted by atomic mass is 9.95. The first-order chi connectivity index (χ1) is 14.8. The second-order valence-corrected chi connectivity index (χ2v) is 9.28. The number of benzene rings is 1. The Morgan fingerprint density at radius 3 is 2.58 bits per heavy atom. The molecule has 1 aliphatic rings. The van der Waals surface area contributed by atoms with E-state index in [4.69, 9.17) is 17.0 Å². The van der Waals surface area contributed by atoms with Crippen molar-refractivity contribution in [2.45, 2.75) is 33.2 Å². The normalized spacial score (nSPS) is 16.4. The minimum atomic E-state index is -0.417. The van der Waals surface area contributed by atoms with Crippen LogP contribution in [0, 0.1) is 5.92 Å². The smallest absolute Gasteiger partial charge is 0.338 e. The molecule has 0 bridgehead atoms. The quantitative estimate of drug-likeness (QED) is 0.478. The fraction of sp³-hybridized carbons (Fsp3) is 0.348. The molecule has 8 heteroatoms. The fourth-order valence-corrected chi connectivity index (χ4v) is 4.16. The molecule has 164 valence electrons. The van der Waals surface area contributed by atoms with Crippen molar-refractivity contribution in [2.24, 2.45) is 5.92 Å². The van der Waals surface area contributed by atoms with Gasteiger partial charge in [0.25, 0.3) is 0 Å². The number of allylic oxidation sites excluding steroid dienone is 1. The third kappa shape index (κ3) is 5.71. The summed E-state index contributed by atoms with van der Waals surface area (Å²) in [5.41, 5.74) is 2.86. The zero-order valence-electron chi connectivity index (χ0n) is 18.1.